The van der Waals surface area contributed by atoms with E-state index in [9.17, 15) is 17.6 Å². The lowest BCUT2D eigenvalue weighted by Gasteiger charge is -2.35. The van der Waals surface area contributed by atoms with Crippen LogP contribution in [0.5, 0.6) is 5.75 Å². The molecular formula is C30H45FN4O4S. The first-order chi connectivity index (χ1) is 19.0. The SMILES string of the molecule is CCN(CC)CC1CCN(c2ccc(NCC(=O)CCN(C)S(=O)(=O)c3c(C)cc(OC)cc3C)cc2F)CC1. The molecule has 0 aliphatic carbocycles. The Balaban J connectivity index is 1.50. The predicted octanol–water partition coefficient (Wildman–Crippen LogP) is 4.70. The van der Waals surface area contributed by atoms with Crippen LogP contribution in [0.2, 0.25) is 0 Å². The van der Waals surface area contributed by atoms with Gasteiger partial charge in [0.15, 0.2) is 5.78 Å². The Morgan fingerprint density at radius 3 is 2.27 bits per heavy atom. The molecule has 0 unspecified atom stereocenters. The Bertz CT molecular complexity index is 1240. The van der Waals surface area contributed by atoms with Gasteiger partial charge in [-0.2, -0.15) is 0 Å². The van der Waals surface area contributed by atoms with Gasteiger partial charge < -0.3 is 19.9 Å². The highest BCUT2D eigenvalue weighted by Crippen LogP contribution is 2.29. The van der Waals surface area contributed by atoms with E-state index in [0.717, 1.165) is 45.6 Å². The third-order valence-electron chi connectivity index (χ3n) is 7.85. The molecule has 2 aromatic rings. The smallest absolute Gasteiger partial charge is 0.243 e. The van der Waals surface area contributed by atoms with Gasteiger partial charge in [-0.1, -0.05) is 13.8 Å². The molecule has 0 spiro atoms. The number of aryl methyl sites for hydroxylation is 2. The number of methoxy groups -OCH3 is 1. The van der Waals surface area contributed by atoms with Crippen molar-refractivity contribution in [3.63, 3.8) is 0 Å². The lowest BCUT2D eigenvalue weighted by molar-refractivity contribution is -0.117. The maximum atomic E-state index is 15.0. The summed E-state index contributed by atoms with van der Waals surface area (Å²) in [5, 5.41) is 2.99. The fourth-order valence-corrected chi connectivity index (χ4v) is 6.93. The van der Waals surface area contributed by atoms with Crippen molar-refractivity contribution >= 4 is 27.2 Å². The molecule has 1 heterocycles. The summed E-state index contributed by atoms with van der Waals surface area (Å²) in [5.74, 6) is 0.767. The number of nitrogens with one attached hydrogen (secondary N) is 1. The summed E-state index contributed by atoms with van der Waals surface area (Å²) in [6.45, 7) is 12.7. The molecule has 40 heavy (non-hydrogen) atoms. The number of sulfonamides is 1. The molecule has 3 rings (SSSR count). The fourth-order valence-electron chi connectivity index (χ4n) is 5.36. The molecule has 0 bridgehead atoms. The molecule has 0 radical (unpaired) electrons. The molecule has 8 nitrogen and oxygen atoms in total. The molecule has 1 saturated heterocycles. The average Bonchev–Trinajstić information content (AvgIpc) is 2.93. The first-order valence-corrected chi connectivity index (χ1v) is 15.6. The minimum absolute atomic E-state index is 0.00990. The molecular weight excluding hydrogens is 531 g/mol. The van der Waals surface area contributed by atoms with Crippen molar-refractivity contribution in [3.05, 3.63) is 47.3 Å². The molecule has 1 N–H and O–H groups in total. The number of hydrogen-bond acceptors (Lipinski definition) is 7. The van der Waals surface area contributed by atoms with Gasteiger partial charge in [0.1, 0.15) is 11.6 Å². The molecule has 10 heteroatoms. The van der Waals surface area contributed by atoms with Crippen molar-refractivity contribution in [1.82, 2.24) is 9.21 Å². The maximum Gasteiger partial charge on any atom is 0.243 e. The third kappa shape index (κ3) is 7.95. The average molecular weight is 577 g/mol. The molecule has 1 fully saturated rings. The van der Waals surface area contributed by atoms with E-state index in [-0.39, 0.29) is 36.0 Å². The second-order valence-electron chi connectivity index (χ2n) is 10.6. The van der Waals surface area contributed by atoms with Crippen molar-refractivity contribution in [3.8, 4) is 5.75 Å². The summed E-state index contributed by atoms with van der Waals surface area (Å²) in [7, 11) is -0.765. The van der Waals surface area contributed by atoms with Gasteiger partial charge in [-0.05, 0) is 87.2 Å². The summed E-state index contributed by atoms with van der Waals surface area (Å²) in [6, 6.07) is 8.36. The van der Waals surface area contributed by atoms with Crippen LogP contribution in [0, 0.1) is 25.6 Å². The molecule has 0 amide bonds. The van der Waals surface area contributed by atoms with Crippen LogP contribution in [-0.4, -0.2) is 83.4 Å². The predicted molar refractivity (Wildman–Crippen MR) is 160 cm³/mol. The van der Waals surface area contributed by atoms with Gasteiger partial charge >= 0.3 is 0 Å². The van der Waals surface area contributed by atoms with Gasteiger partial charge in [0.05, 0.1) is 24.2 Å². The number of nitrogens with zero attached hydrogens (tertiary/aromatic N) is 3. The number of hydrogen-bond donors (Lipinski definition) is 1. The number of piperidine rings is 1. The molecule has 0 atom stereocenters. The van der Waals surface area contributed by atoms with Crippen LogP contribution in [0.25, 0.3) is 0 Å². The highest BCUT2D eigenvalue weighted by atomic mass is 32.2. The number of anilines is 2. The summed E-state index contributed by atoms with van der Waals surface area (Å²) >= 11 is 0. The van der Waals surface area contributed by atoms with Crippen LogP contribution in [0.15, 0.2) is 35.2 Å². The molecule has 0 saturated carbocycles. The number of ketones is 1. The van der Waals surface area contributed by atoms with E-state index < -0.39 is 10.0 Å². The van der Waals surface area contributed by atoms with Crippen LogP contribution in [-0.2, 0) is 14.8 Å². The zero-order valence-corrected chi connectivity index (χ0v) is 25.6. The van der Waals surface area contributed by atoms with Crippen LogP contribution in [0.1, 0.15) is 44.2 Å². The number of Topliss-reactive ketones (excluding diaryl/α,β-unsaturated/α-hetero) is 1. The van der Waals surface area contributed by atoms with Gasteiger partial charge in [-0.25, -0.2) is 17.1 Å². The zero-order valence-electron chi connectivity index (χ0n) is 24.8. The normalized spacial score (nSPS) is 14.7. The van der Waals surface area contributed by atoms with E-state index in [1.54, 1.807) is 38.1 Å². The standard InChI is InChI=1S/C30H45FN4O4S/c1-7-34(8-2)21-24-11-15-35(16-12-24)29-10-9-25(19-28(29)31)32-20-26(36)13-14-33(5)40(37,38)30-22(3)17-27(39-6)18-23(30)4/h9-10,17-19,24,32H,7-8,11-16,20-21H2,1-6H3. The van der Waals surface area contributed by atoms with Gasteiger partial charge in [0, 0.05) is 45.3 Å². The van der Waals surface area contributed by atoms with E-state index >= 15 is 0 Å². The Morgan fingerprint density at radius 1 is 1.10 bits per heavy atom. The van der Waals surface area contributed by atoms with E-state index in [1.807, 2.05) is 0 Å². The highest BCUT2D eigenvalue weighted by molar-refractivity contribution is 7.89. The van der Waals surface area contributed by atoms with Crippen LogP contribution < -0.4 is 15.0 Å². The van der Waals surface area contributed by atoms with Crippen LogP contribution >= 0.6 is 0 Å². The summed E-state index contributed by atoms with van der Waals surface area (Å²) in [6.07, 6.45) is 2.14. The molecule has 1 aliphatic rings. The zero-order chi connectivity index (χ0) is 29.4. The van der Waals surface area contributed by atoms with Crippen molar-refractivity contribution in [1.29, 1.82) is 0 Å². The minimum atomic E-state index is -3.77. The Labute approximate surface area is 239 Å². The van der Waals surface area contributed by atoms with Gasteiger partial charge in [-0.15, -0.1) is 0 Å². The maximum absolute atomic E-state index is 15.0. The topological polar surface area (TPSA) is 82.2 Å². The monoisotopic (exact) mass is 576 g/mol. The van der Waals surface area contributed by atoms with Gasteiger partial charge in [0.25, 0.3) is 0 Å². The van der Waals surface area contributed by atoms with Crippen molar-refractivity contribution < 1.29 is 22.3 Å². The van der Waals surface area contributed by atoms with E-state index in [4.69, 9.17) is 4.74 Å². The Morgan fingerprint density at radius 2 is 1.73 bits per heavy atom. The third-order valence-corrected chi connectivity index (χ3v) is 10.0. The van der Waals surface area contributed by atoms with E-state index in [1.165, 1.54) is 24.5 Å². The second-order valence-corrected chi connectivity index (χ2v) is 12.6. The lowest BCUT2D eigenvalue weighted by Crippen LogP contribution is -2.39. The molecule has 1 aliphatic heterocycles. The molecule has 0 aromatic heterocycles. The summed E-state index contributed by atoms with van der Waals surface area (Å²) < 4.78 is 47.7. The number of rotatable bonds is 14. The second kappa shape index (κ2) is 14.3. The number of halogens is 1. The highest BCUT2D eigenvalue weighted by Gasteiger charge is 2.26. The first kappa shape index (κ1) is 31.8. The lowest BCUT2D eigenvalue weighted by atomic mass is 9.95. The Kier molecular flexibility index (Phi) is 11.4. The minimum Gasteiger partial charge on any atom is -0.497 e. The summed E-state index contributed by atoms with van der Waals surface area (Å²) in [5.41, 5.74) is 2.29. The van der Waals surface area contributed by atoms with Gasteiger partial charge in [-0.3, -0.25) is 4.79 Å². The molecule has 222 valence electrons. The summed E-state index contributed by atoms with van der Waals surface area (Å²) in [4.78, 5) is 17.3. The van der Waals surface area contributed by atoms with Gasteiger partial charge in [0.2, 0.25) is 10.0 Å². The Hall–Kier alpha value is -2.69. The largest absolute Gasteiger partial charge is 0.497 e. The van der Waals surface area contributed by atoms with E-state index in [2.05, 4.69) is 29.0 Å². The van der Waals surface area contributed by atoms with Crippen molar-refractivity contribution in [2.45, 2.75) is 51.9 Å². The number of carbonyl (C=O) groups excluding carboxylic acids is 1. The quantitative estimate of drug-likeness (QED) is 0.349. The van der Waals surface area contributed by atoms with Crippen molar-refractivity contribution in [2.24, 2.45) is 5.92 Å². The van der Waals surface area contributed by atoms with Crippen LogP contribution in [0.4, 0.5) is 15.8 Å². The fraction of sp³-hybridized carbons (Fsp3) is 0.567. The first-order valence-electron chi connectivity index (χ1n) is 14.1. The number of benzene rings is 2. The number of carbonyl (C=O) groups is 1. The van der Waals surface area contributed by atoms with Crippen LogP contribution in [0.3, 0.4) is 0 Å². The van der Waals surface area contributed by atoms with E-state index in [0.29, 0.717) is 34.2 Å². The molecule has 2 aromatic carbocycles. The van der Waals surface area contributed by atoms with Crippen molar-refractivity contribution in [2.75, 3.05) is 70.2 Å². The number of ether oxygens (including phenoxy) is 1.